The number of halogens is 2. The van der Waals surface area contributed by atoms with Crippen molar-refractivity contribution in [1.82, 2.24) is 15.0 Å². The molecular weight excluding hydrogens is 336 g/mol. The number of hydrogen-bond acceptors (Lipinski definition) is 5. The lowest BCUT2D eigenvalue weighted by Crippen LogP contribution is -1.98. The van der Waals surface area contributed by atoms with Crippen molar-refractivity contribution < 1.29 is 0 Å². The van der Waals surface area contributed by atoms with Crippen LogP contribution in [0.5, 0.6) is 0 Å². The van der Waals surface area contributed by atoms with Crippen LogP contribution in [0.15, 0.2) is 28.0 Å². The van der Waals surface area contributed by atoms with E-state index in [9.17, 15) is 0 Å². The second-order valence-corrected chi connectivity index (χ2v) is 5.65. The summed E-state index contributed by atoms with van der Waals surface area (Å²) in [6.07, 6.45) is 1.77. The largest absolute Gasteiger partial charge is 0.383 e. The predicted molar refractivity (Wildman–Crippen MR) is 77.7 cm³/mol. The number of rotatable bonds is 3. The molecule has 18 heavy (non-hydrogen) atoms. The van der Waals surface area contributed by atoms with E-state index in [0.717, 1.165) is 11.3 Å². The van der Waals surface area contributed by atoms with E-state index < -0.39 is 0 Å². The van der Waals surface area contributed by atoms with Gasteiger partial charge in [-0.1, -0.05) is 29.4 Å². The molecule has 0 aliphatic rings. The Bertz CT molecular complexity index is 556. The maximum Gasteiger partial charge on any atom is 0.191 e. The number of nitrogens with zero attached hydrogens (tertiary/aromatic N) is 3. The number of aryl methyl sites for hydroxylation is 1. The SMILES string of the molecule is Cc1cccnc1CSc1nc(N)c(Br)c(Cl)n1. The first kappa shape index (κ1) is 13.6. The fourth-order valence-corrected chi connectivity index (χ4v) is 2.57. The van der Waals surface area contributed by atoms with Crippen LogP contribution in [-0.2, 0) is 5.75 Å². The molecular formula is C11H10BrClN4S. The maximum absolute atomic E-state index is 5.93. The lowest BCUT2D eigenvalue weighted by Gasteiger charge is -2.05. The molecule has 2 rings (SSSR count). The molecule has 0 radical (unpaired) electrons. The van der Waals surface area contributed by atoms with Crippen molar-refractivity contribution >= 4 is 45.1 Å². The Hall–Kier alpha value is -0.850. The Morgan fingerprint density at radius 2 is 2.22 bits per heavy atom. The van der Waals surface area contributed by atoms with Crippen LogP contribution in [0.3, 0.4) is 0 Å². The van der Waals surface area contributed by atoms with Gasteiger partial charge in [0, 0.05) is 11.9 Å². The van der Waals surface area contributed by atoms with Gasteiger partial charge >= 0.3 is 0 Å². The number of anilines is 1. The third-order valence-electron chi connectivity index (χ3n) is 2.27. The van der Waals surface area contributed by atoms with Gasteiger partial charge in [0.05, 0.1) is 10.2 Å². The van der Waals surface area contributed by atoms with Crippen molar-refractivity contribution in [3.63, 3.8) is 0 Å². The van der Waals surface area contributed by atoms with Gasteiger partial charge in [-0.3, -0.25) is 4.98 Å². The molecule has 2 aromatic rings. The first-order chi connectivity index (χ1) is 8.58. The smallest absolute Gasteiger partial charge is 0.191 e. The van der Waals surface area contributed by atoms with Gasteiger partial charge < -0.3 is 5.73 Å². The Balaban J connectivity index is 2.14. The molecule has 0 saturated carbocycles. The first-order valence-corrected chi connectivity index (χ1v) is 7.25. The average Bonchev–Trinajstić information content (AvgIpc) is 2.35. The van der Waals surface area contributed by atoms with Gasteiger partial charge in [0.15, 0.2) is 5.16 Å². The molecule has 94 valence electrons. The fraction of sp³-hybridized carbons (Fsp3) is 0.182. The number of hydrogen-bond donors (Lipinski definition) is 1. The fourth-order valence-electron chi connectivity index (χ4n) is 1.28. The molecule has 2 aromatic heterocycles. The van der Waals surface area contributed by atoms with Crippen molar-refractivity contribution in [2.75, 3.05) is 5.73 Å². The topological polar surface area (TPSA) is 64.7 Å². The molecule has 2 N–H and O–H groups in total. The molecule has 0 bridgehead atoms. The molecule has 0 unspecified atom stereocenters. The molecule has 0 aliphatic heterocycles. The molecule has 0 spiro atoms. The van der Waals surface area contributed by atoms with E-state index >= 15 is 0 Å². The van der Waals surface area contributed by atoms with Crippen molar-refractivity contribution in [3.05, 3.63) is 39.2 Å². The molecule has 0 aromatic carbocycles. The third-order valence-corrected chi connectivity index (χ3v) is 4.41. The highest BCUT2D eigenvalue weighted by Crippen LogP contribution is 2.29. The van der Waals surface area contributed by atoms with E-state index in [2.05, 4.69) is 30.9 Å². The lowest BCUT2D eigenvalue weighted by molar-refractivity contribution is 0.965. The summed E-state index contributed by atoms with van der Waals surface area (Å²) in [7, 11) is 0. The van der Waals surface area contributed by atoms with Gasteiger partial charge in [0.25, 0.3) is 0 Å². The predicted octanol–water partition coefficient (Wildman–Crippen LogP) is 3.47. The van der Waals surface area contributed by atoms with E-state index in [1.165, 1.54) is 11.8 Å². The van der Waals surface area contributed by atoms with Crippen molar-refractivity contribution in [1.29, 1.82) is 0 Å². The van der Waals surface area contributed by atoms with E-state index in [4.69, 9.17) is 17.3 Å². The van der Waals surface area contributed by atoms with Gasteiger partial charge in [0.2, 0.25) is 0 Å². The second-order valence-electron chi connectivity index (χ2n) is 3.55. The van der Waals surface area contributed by atoms with Crippen LogP contribution in [0.4, 0.5) is 5.82 Å². The van der Waals surface area contributed by atoms with Crippen LogP contribution in [0, 0.1) is 6.92 Å². The summed E-state index contributed by atoms with van der Waals surface area (Å²) < 4.78 is 0.530. The Kier molecular flexibility index (Phi) is 4.42. The summed E-state index contributed by atoms with van der Waals surface area (Å²) in [4.78, 5) is 12.6. The highest BCUT2D eigenvalue weighted by Gasteiger charge is 2.09. The zero-order chi connectivity index (χ0) is 13.1. The van der Waals surface area contributed by atoms with E-state index in [0.29, 0.717) is 26.4 Å². The highest BCUT2D eigenvalue weighted by molar-refractivity contribution is 9.10. The molecule has 4 nitrogen and oxygen atoms in total. The van der Waals surface area contributed by atoms with E-state index in [1.54, 1.807) is 6.20 Å². The van der Waals surface area contributed by atoms with Crippen LogP contribution in [0.25, 0.3) is 0 Å². The lowest BCUT2D eigenvalue weighted by atomic mass is 10.2. The van der Waals surface area contributed by atoms with Crippen molar-refractivity contribution in [3.8, 4) is 0 Å². The minimum Gasteiger partial charge on any atom is -0.383 e. The van der Waals surface area contributed by atoms with Crippen LogP contribution in [0.1, 0.15) is 11.3 Å². The third kappa shape index (κ3) is 3.13. The van der Waals surface area contributed by atoms with Crippen LogP contribution < -0.4 is 5.73 Å². The maximum atomic E-state index is 5.93. The Morgan fingerprint density at radius 3 is 2.89 bits per heavy atom. The van der Waals surface area contributed by atoms with Crippen LogP contribution >= 0.6 is 39.3 Å². The quantitative estimate of drug-likeness (QED) is 0.524. The minimum atomic E-state index is 0.322. The van der Waals surface area contributed by atoms with E-state index in [1.807, 2.05) is 19.1 Å². The average molecular weight is 346 g/mol. The number of nitrogens with two attached hydrogens (primary N) is 1. The van der Waals surface area contributed by atoms with Gasteiger partial charge in [-0.25, -0.2) is 9.97 Å². The van der Waals surface area contributed by atoms with Gasteiger partial charge in [-0.05, 0) is 34.5 Å². The minimum absolute atomic E-state index is 0.322. The monoisotopic (exact) mass is 344 g/mol. The second kappa shape index (κ2) is 5.86. The molecule has 7 heteroatoms. The van der Waals surface area contributed by atoms with Gasteiger partial charge in [0.1, 0.15) is 11.0 Å². The Morgan fingerprint density at radius 1 is 1.44 bits per heavy atom. The van der Waals surface area contributed by atoms with Gasteiger partial charge in [-0.2, -0.15) is 0 Å². The first-order valence-electron chi connectivity index (χ1n) is 5.09. The van der Waals surface area contributed by atoms with E-state index in [-0.39, 0.29) is 0 Å². The number of pyridine rings is 1. The number of thioether (sulfide) groups is 1. The molecule has 0 aliphatic carbocycles. The van der Waals surface area contributed by atoms with Crippen LogP contribution in [0.2, 0.25) is 5.15 Å². The summed E-state index contributed by atoms with van der Waals surface area (Å²) in [5.74, 6) is 1.03. The highest BCUT2D eigenvalue weighted by atomic mass is 79.9. The molecule has 0 atom stereocenters. The zero-order valence-corrected chi connectivity index (χ0v) is 12.7. The van der Waals surface area contributed by atoms with Gasteiger partial charge in [-0.15, -0.1) is 0 Å². The molecule has 0 fully saturated rings. The number of nitrogen functional groups attached to an aromatic ring is 1. The Labute approximate surface area is 123 Å². The van der Waals surface area contributed by atoms with Crippen molar-refractivity contribution in [2.45, 2.75) is 17.8 Å². The molecule has 0 amide bonds. The molecule has 0 saturated heterocycles. The standard InChI is InChI=1S/C11H10BrClN4S/c1-6-3-2-4-15-7(6)5-18-11-16-9(13)8(12)10(14)17-11/h2-4H,5H2,1H3,(H2,14,16,17). The zero-order valence-electron chi connectivity index (χ0n) is 9.52. The summed E-state index contributed by atoms with van der Waals surface area (Å²) in [5.41, 5.74) is 7.85. The summed E-state index contributed by atoms with van der Waals surface area (Å²) in [6, 6.07) is 3.93. The summed E-state index contributed by atoms with van der Waals surface area (Å²) in [6.45, 7) is 2.02. The summed E-state index contributed by atoms with van der Waals surface area (Å²) in [5, 5.41) is 0.869. The normalized spacial score (nSPS) is 10.6. The van der Waals surface area contributed by atoms with Crippen molar-refractivity contribution in [2.24, 2.45) is 0 Å². The number of aromatic nitrogens is 3. The van der Waals surface area contributed by atoms with Crippen LogP contribution in [-0.4, -0.2) is 15.0 Å². The summed E-state index contributed by atoms with van der Waals surface area (Å²) >= 11 is 10.6. The molecule has 2 heterocycles.